The zero-order chi connectivity index (χ0) is 22.9. The smallest absolute Gasteiger partial charge is 0.409 e. The summed E-state index contributed by atoms with van der Waals surface area (Å²) in [6, 6.07) is 6.24. The summed E-state index contributed by atoms with van der Waals surface area (Å²) < 4.78 is 10.9. The monoisotopic (exact) mass is 466 g/mol. The number of rotatable bonds is 4. The van der Waals surface area contributed by atoms with Crippen LogP contribution in [-0.2, 0) is 14.3 Å². The Morgan fingerprint density at radius 1 is 1.33 bits per heavy atom. The molecule has 2 aliphatic heterocycles. The van der Waals surface area contributed by atoms with Gasteiger partial charge in [-0.1, -0.05) is 12.1 Å². The summed E-state index contributed by atoms with van der Waals surface area (Å²) in [6.07, 6.45) is 7.61. The van der Waals surface area contributed by atoms with Gasteiger partial charge in [-0.2, -0.15) is 11.3 Å². The molecule has 0 spiro atoms. The fourth-order valence-electron chi connectivity index (χ4n) is 6.05. The van der Waals surface area contributed by atoms with E-state index in [1.807, 2.05) is 26.1 Å². The Kier molecular flexibility index (Phi) is 6.23. The number of fused-ring (bicyclic) bond motifs is 2. The van der Waals surface area contributed by atoms with Crippen LogP contribution in [0.2, 0.25) is 0 Å². The Morgan fingerprint density at radius 2 is 2.21 bits per heavy atom. The fraction of sp³-hybridized carbons (Fsp3) is 0.500. The van der Waals surface area contributed by atoms with E-state index in [9.17, 15) is 9.59 Å². The van der Waals surface area contributed by atoms with Gasteiger partial charge in [0.2, 0.25) is 0 Å². The number of carbonyl (C=O) groups excluding carboxylic acids is 2. The van der Waals surface area contributed by atoms with Crippen molar-refractivity contribution >= 4 is 29.5 Å². The minimum absolute atomic E-state index is 0.0872. The lowest BCUT2D eigenvalue weighted by molar-refractivity contribution is -0.144. The molecule has 4 heterocycles. The highest BCUT2D eigenvalue weighted by Gasteiger charge is 2.54. The molecule has 6 unspecified atom stereocenters. The van der Waals surface area contributed by atoms with Crippen LogP contribution >= 0.6 is 11.3 Å². The second-order valence-corrected chi connectivity index (χ2v) is 10.1. The third-order valence-electron chi connectivity index (χ3n) is 7.56. The fourth-order valence-corrected chi connectivity index (χ4v) is 6.72. The minimum atomic E-state index is -0.248. The molecule has 3 fully saturated rings. The van der Waals surface area contributed by atoms with E-state index < -0.39 is 0 Å². The Bertz CT molecular complexity index is 1020. The first-order valence-electron chi connectivity index (χ1n) is 11.8. The van der Waals surface area contributed by atoms with Gasteiger partial charge < -0.3 is 14.4 Å². The molecule has 1 aliphatic carbocycles. The molecule has 5 rings (SSSR count). The predicted molar refractivity (Wildman–Crippen MR) is 127 cm³/mol. The normalized spacial score (nSPS) is 31.2. The van der Waals surface area contributed by atoms with Crippen LogP contribution in [0.25, 0.3) is 17.2 Å². The standard InChI is InChI=1S/C26H30N2O4S/c1-3-31-26(30)28-10-8-21-19(14-28)12-23-24(16(2)32-25(23)29)22(21)7-6-20-5-4-17(13-27-20)18-9-11-33-15-18/h4-7,9,11,13,15-16,19,21-24H,3,8,10,12,14H2,1-2H3/b7-6+. The summed E-state index contributed by atoms with van der Waals surface area (Å²) in [5.74, 6) is 0.885. The van der Waals surface area contributed by atoms with Crippen LogP contribution < -0.4 is 0 Å². The molecule has 1 saturated carbocycles. The van der Waals surface area contributed by atoms with Gasteiger partial charge in [-0.15, -0.1) is 0 Å². The molecule has 33 heavy (non-hydrogen) atoms. The van der Waals surface area contributed by atoms with Crippen molar-refractivity contribution in [3.05, 3.63) is 46.9 Å². The third-order valence-corrected chi connectivity index (χ3v) is 8.24. The van der Waals surface area contributed by atoms with Crippen LogP contribution in [0.5, 0.6) is 0 Å². The van der Waals surface area contributed by atoms with Gasteiger partial charge in [0.1, 0.15) is 6.10 Å². The molecule has 2 aromatic heterocycles. The van der Waals surface area contributed by atoms with Gasteiger partial charge >= 0.3 is 12.1 Å². The van der Waals surface area contributed by atoms with Crippen LogP contribution in [0.15, 0.2) is 41.2 Å². The van der Waals surface area contributed by atoms with E-state index >= 15 is 0 Å². The first-order chi connectivity index (χ1) is 16.0. The maximum Gasteiger partial charge on any atom is 0.409 e. The summed E-state index contributed by atoms with van der Waals surface area (Å²) in [6.45, 7) is 5.56. The maximum atomic E-state index is 12.6. The van der Waals surface area contributed by atoms with E-state index in [1.165, 1.54) is 5.56 Å². The predicted octanol–water partition coefficient (Wildman–Crippen LogP) is 5.12. The number of hydrogen-bond acceptors (Lipinski definition) is 6. The zero-order valence-corrected chi connectivity index (χ0v) is 19.9. The lowest BCUT2D eigenvalue weighted by atomic mass is 9.59. The highest BCUT2D eigenvalue weighted by Crippen LogP contribution is 2.51. The van der Waals surface area contributed by atoms with Gasteiger partial charge in [0.15, 0.2) is 0 Å². The van der Waals surface area contributed by atoms with E-state index in [1.54, 1.807) is 16.2 Å². The van der Waals surface area contributed by atoms with Crippen molar-refractivity contribution in [2.75, 3.05) is 19.7 Å². The topological polar surface area (TPSA) is 68.7 Å². The molecule has 2 aromatic rings. The average molecular weight is 467 g/mol. The molecule has 0 bridgehead atoms. The number of likely N-dealkylation sites (tertiary alicyclic amines) is 1. The number of pyridine rings is 1. The average Bonchev–Trinajstić information content (AvgIpc) is 3.45. The summed E-state index contributed by atoms with van der Waals surface area (Å²) >= 11 is 1.68. The molecule has 6 nitrogen and oxygen atoms in total. The second-order valence-electron chi connectivity index (χ2n) is 9.34. The Morgan fingerprint density at radius 3 is 2.94 bits per heavy atom. The van der Waals surface area contributed by atoms with Crippen molar-refractivity contribution in [1.29, 1.82) is 0 Å². The van der Waals surface area contributed by atoms with E-state index in [-0.39, 0.29) is 41.8 Å². The van der Waals surface area contributed by atoms with Crippen LogP contribution in [0.3, 0.4) is 0 Å². The molecule has 3 aliphatic rings. The summed E-state index contributed by atoms with van der Waals surface area (Å²) in [5.41, 5.74) is 3.21. The molecule has 6 atom stereocenters. The molecule has 2 saturated heterocycles. The van der Waals surface area contributed by atoms with Gasteiger partial charge in [0.25, 0.3) is 0 Å². The van der Waals surface area contributed by atoms with Crippen molar-refractivity contribution in [2.45, 2.75) is 32.8 Å². The molecule has 0 radical (unpaired) electrons. The number of carbonyl (C=O) groups is 2. The number of nitrogens with zero attached hydrogens (tertiary/aromatic N) is 2. The quantitative estimate of drug-likeness (QED) is 0.586. The van der Waals surface area contributed by atoms with E-state index in [0.717, 1.165) is 24.1 Å². The number of ether oxygens (including phenoxy) is 2. The van der Waals surface area contributed by atoms with E-state index in [4.69, 9.17) is 9.47 Å². The molecule has 1 amide bonds. The first kappa shape index (κ1) is 22.1. The summed E-state index contributed by atoms with van der Waals surface area (Å²) in [4.78, 5) is 31.4. The highest BCUT2D eigenvalue weighted by molar-refractivity contribution is 7.08. The van der Waals surface area contributed by atoms with Crippen molar-refractivity contribution < 1.29 is 19.1 Å². The number of thiophene rings is 1. The summed E-state index contributed by atoms with van der Waals surface area (Å²) in [7, 11) is 0. The number of amides is 1. The number of aromatic nitrogens is 1. The van der Waals surface area contributed by atoms with Crippen molar-refractivity contribution in [2.24, 2.45) is 29.6 Å². The van der Waals surface area contributed by atoms with Crippen molar-refractivity contribution in [3.8, 4) is 11.1 Å². The van der Waals surface area contributed by atoms with Crippen molar-refractivity contribution in [1.82, 2.24) is 9.88 Å². The highest BCUT2D eigenvalue weighted by atomic mass is 32.1. The number of piperidine rings is 1. The number of hydrogen-bond donors (Lipinski definition) is 0. The number of allylic oxidation sites excluding steroid dienone is 1. The Labute approximate surface area is 198 Å². The van der Waals surface area contributed by atoms with Gasteiger partial charge in [-0.25, -0.2) is 4.79 Å². The van der Waals surface area contributed by atoms with Crippen LogP contribution in [0, 0.1) is 29.6 Å². The van der Waals surface area contributed by atoms with Gasteiger partial charge in [0, 0.05) is 30.8 Å². The first-order valence-corrected chi connectivity index (χ1v) is 12.8. The SMILES string of the molecule is CCOC(=O)N1CCC2C(CC3C(=O)OC(C)C3C2/C=C/c2ccc(-c3ccsc3)cn2)C1. The van der Waals surface area contributed by atoms with Crippen LogP contribution in [-0.4, -0.2) is 47.7 Å². The van der Waals surface area contributed by atoms with Crippen LogP contribution in [0.1, 0.15) is 32.4 Å². The summed E-state index contributed by atoms with van der Waals surface area (Å²) in [5, 5.41) is 4.19. The molecular weight excluding hydrogens is 436 g/mol. The molecule has 0 aromatic carbocycles. The maximum absolute atomic E-state index is 12.6. The molecule has 174 valence electrons. The minimum Gasteiger partial charge on any atom is -0.462 e. The van der Waals surface area contributed by atoms with Gasteiger partial charge in [-0.05, 0) is 79.0 Å². The van der Waals surface area contributed by atoms with E-state index in [0.29, 0.717) is 25.6 Å². The number of cyclic esters (lactones) is 1. The Hall–Kier alpha value is -2.67. The number of esters is 1. The zero-order valence-electron chi connectivity index (χ0n) is 19.1. The molecule has 0 N–H and O–H groups in total. The van der Waals surface area contributed by atoms with Gasteiger partial charge in [0.05, 0.1) is 18.2 Å². The van der Waals surface area contributed by atoms with Crippen LogP contribution in [0.4, 0.5) is 4.79 Å². The lowest BCUT2D eigenvalue weighted by Gasteiger charge is -2.48. The molecule has 7 heteroatoms. The van der Waals surface area contributed by atoms with E-state index in [2.05, 4.69) is 40.0 Å². The molecular formula is C26H30N2O4S. The van der Waals surface area contributed by atoms with Crippen molar-refractivity contribution in [3.63, 3.8) is 0 Å². The largest absolute Gasteiger partial charge is 0.462 e. The van der Waals surface area contributed by atoms with Gasteiger partial charge in [-0.3, -0.25) is 9.78 Å². The third kappa shape index (κ3) is 4.31. The second kappa shape index (κ2) is 9.29. The Balaban J connectivity index is 1.37. The lowest BCUT2D eigenvalue weighted by Crippen LogP contribution is -2.51.